The number of pyridine rings is 1. The standard InChI is InChI=1S/C15H16ClN5O2/c1-9(2)23-14-18-15-20(8-11-4-5-12(16)17-7-11)10(3)6-13(22)21(15)19-14/h4-7,9H,8H2,1-3H3. The van der Waals surface area contributed by atoms with Crippen LogP contribution < -0.4 is 10.3 Å². The highest BCUT2D eigenvalue weighted by atomic mass is 35.5. The van der Waals surface area contributed by atoms with E-state index in [4.69, 9.17) is 16.3 Å². The maximum atomic E-state index is 12.1. The van der Waals surface area contributed by atoms with E-state index in [1.54, 1.807) is 12.3 Å². The molecule has 0 saturated carbocycles. The number of halogens is 1. The van der Waals surface area contributed by atoms with E-state index in [1.165, 1.54) is 10.6 Å². The molecule has 23 heavy (non-hydrogen) atoms. The fraction of sp³-hybridized carbons (Fsp3) is 0.333. The maximum absolute atomic E-state index is 12.1. The number of hydrogen-bond acceptors (Lipinski definition) is 5. The molecule has 8 heteroatoms. The first kappa shape index (κ1) is 15.5. The molecular formula is C15H16ClN5O2. The van der Waals surface area contributed by atoms with Crippen LogP contribution in [-0.2, 0) is 6.54 Å². The Bertz CT molecular complexity index is 899. The van der Waals surface area contributed by atoms with Crippen molar-refractivity contribution in [1.29, 1.82) is 0 Å². The zero-order valence-electron chi connectivity index (χ0n) is 13.0. The predicted octanol–water partition coefficient (Wildman–Crippen LogP) is 2.08. The average Bonchev–Trinajstić information content (AvgIpc) is 2.88. The summed E-state index contributed by atoms with van der Waals surface area (Å²) >= 11 is 5.81. The molecule has 0 saturated heterocycles. The summed E-state index contributed by atoms with van der Waals surface area (Å²) in [5.74, 6) is 0.431. The van der Waals surface area contributed by atoms with Crippen LogP contribution >= 0.6 is 11.6 Å². The normalized spacial score (nSPS) is 11.3. The van der Waals surface area contributed by atoms with Gasteiger partial charge in [0.1, 0.15) is 5.15 Å². The Morgan fingerprint density at radius 1 is 1.35 bits per heavy atom. The van der Waals surface area contributed by atoms with Crippen LogP contribution in [0.15, 0.2) is 29.2 Å². The van der Waals surface area contributed by atoms with Crippen LogP contribution in [0.5, 0.6) is 6.01 Å². The Morgan fingerprint density at radius 3 is 2.78 bits per heavy atom. The van der Waals surface area contributed by atoms with E-state index in [9.17, 15) is 4.79 Å². The van der Waals surface area contributed by atoms with E-state index in [-0.39, 0.29) is 17.7 Å². The summed E-state index contributed by atoms with van der Waals surface area (Å²) < 4.78 is 8.62. The number of rotatable bonds is 4. The molecule has 0 radical (unpaired) electrons. The second kappa shape index (κ2) is 6.00. The molecule has 0 aliphatic rings. The van der Waals surface area contributed by atoms with Crippen molar-refractivity contribution in [3.8, 4) is 6.01 Å². The van der Waals surface area contributed by atoms with Gasteiger partial charge in [-0.05, 0) is 32.4 Å². The van der Waals surface area contributed by atoms with E-state index in [1.807, 2.05) is 31.4 Å². The highest BCUT2D eigenvalue weighted by Crippen LogP contribution is 2.13. The Kier molecular flexibility index (Phi) is 4.04. The first-order valence-electron chi connectivity index (χ1n) is 7.18. The summed E-state index contributed by atoms with van der Waals surface area (Å²) in [6.45, 7) is 6.10. The Labute approximate surface area is 137 Å². The lowest BCUT2D eigenvalue weighted by molar-refractivity contribution is 0.222. The van der Waals surface area contributed by atoms with E-state index >= 15 is 0 Å². The zero-order chi connectivity index (χ0) is 16.6. The third-order valence-corrected chi connectivity index (χ3v) is 3.47. The fourth-order valence-corrected chi connectivity index (χ4v) is 2.33. The highest BCUT2D eigenvalue weighted by molar-refractivity contribution is 6.29. The van der Waals surface area contributed by atoms with Gasteiger partial charge in [0.15, 0.2) is 0 Å². The molecule has 0 fully saturated rings. The fourth-order valence-electron chi connectivity index (χ4n) is 2.22. The molecule has 3 heterocycles. The Balaban J connectivity index is 2.09. The van der Waals surface area contributed by atoms with E-state index in [0.717, 1.165) is 11.3 Å². The van der Waals surface area contributed by atoms with Crippen LogP contribution in [-0.4, -0.2) is 30.3 Å². The SMILES string of the molecule is Cc1cc(=O)n2nc(OC(C)C)nc2n1Cc1ccc(Cl)nc1. The van der Waals surface area contributed by atoms with Gasteiger partial charge in [-0.1, -0.05) is 17.7 Å². The first-order chi connectivity index (χ1) is 10.9. The van der Waals surface area contributed by atoms with Crippen LogP contribution in [0, 0.1) is 6.92 Å². The van der Waals surface area contributed by atoms with Crippen LogP contribution in [0.2, 0.25) is 5.15 Å². The van der Waals surface area contributed by atoms with Crippen LogP contribution in [0.25, 0.3) is 5.78 Å². The molecule has 0 amide bonds. The summed E-state index contributed by atoms with van der Waals surface area (Å²) in [6, 6.07) is 5.31. The lowest BCUT2D eigenvalue weighted by Crippen LogP contribution is -2.20. The second-order valence-corrected chi connectivity index (χ2v) is 5.86. The van der Waals surface area contributed by atoms with Gasteiger partial charge < -0.3 is 9.30 Å². The molecule has 3 rings (SSSR count). The van der Waals surface area contributed by atoms with Gasteiger partial charge in [0.05, 0.1) is 12.6 Å². The van der Waals surface area contributed by atoms with E-state index < -0.39 is 0 Å². The first-order valence-corrected chi connectivity index (χ1v) is 7.56. The molecule has 7 nitrogen and oxygen atoms in total. The summed E-state index contributed by atoms with van der Waals surface area (Å²) in [5, 5.41) is 4.56. The molecule has 0 aliphatic carbocycles. The summed E-state index contributed by atoms with van der Waals surface area (Å²) in [5.41, 5.74) is 1.48. The zero-order valence-corrected chi connectivity index (χ0v) is 13.8. The van der Waals surface area contributed by atoms with Crippen LogP contribution in [0.1, 0.15) is 25.1 Å². The largest absolute Gasteiger partial charge is 0.460 e. The minimum atomic E-state index is -0.242. The van der Waals surface area contributed by atoms with Crippen molar-refractivity contribution in [2.75, 3.05) is 0 Å². The van der Waals surface area contributed by atoms with Gasteiger partial charge in [0.2, 0.25) is 5.78 Å². The molecule has 0 unspecified atom stereocenters. The van der Waals surface area contributed by atoms with Crippen molar-refractivity contribution in [2.45, 2.75) is 33.4 Å². The number of ether oxygens (including phenoxy) is 1. The molecule has 0 atom stereocenters. The van der Waals surface area contributed by atoms with Gasteiger partial charge in [-0.3, -0.25) is 4.79 Å². The van der Waals surface area contributed by atoms with Crippen molar-refractivity contribution >= 4 is 17.4 Å². The van der Waals surface area contributed by atoms with Crippen molar-refractivity contribution in [3.05, 3.63) is 51.2 Å². The molecule has 3 aromatic rings. The molecular weight excluding hydrogens is 318 g/mol. The lowest BCUT2D eigenvalue weighted by Gasteiger charge is -2.11. The number of fused-ring (bicyclic) bond motifs is 1. The van der Waals surface area contributed by atoms with Crippen molar-refractivity contribution in [3.63, 3.8) is 0 Å². The van der Waals surface area contributed by atoms with Gasteiger partial charge in [0.25, 0.3) is 5.56 Å². The molecule has 120 valence electrons. The number of hydrogen-bond donors (Lipinski definition) is 0. The van der Waals surface area contributed by atoms with E-state index in [2.05, 4.69) is 15.1 Å². The van der Waals surface area contributed by atoms with E-state index in [0.29, 0.717) is 17.5 Å². The summed E-state index contributed by atoms with van der Waals surface area (Å²) in [4.78, 5) is 20.5. The summed E-state index contributed by atoms with van der Waals surface area (Å²) in [6.07, 6.45) is 1.62. The Hall–Kier alpha value is -2.41. The second-order valence-electron chi connectivity index (χ2n) is 5.47. The molecule has 0 aromatic carbocycles. The van der Waals surface area contributed by atoms with Gasteiger partial charge >= 0.3 is 6.01 Å². The maximum Gasteiger partial charge on any atom is 0.338 e. The van der Waals surface area contributed by atoms with Crippen molar-refractivity contribution in [2.24, 2.45) is 0 Å². The van der Waals surface area contributed by atoms with Gasteiger partial charge in [-0.25, -0.2) is 4.98 Å². The number of aromatic nitrogens is 5. The van der Waals surface area contributed by atoms with Gasteiger partial charge in [-0.2, -0.15) is 9.50 Å². The smallest absolute Gasteiger partial charge is 0.338 e. The average molecular weight is 334 g/mol. The molecule has 0 spiro atoms. The third-order valence-electron chi connectivity index (χ3n) is 3.25. The molecule has 0 bridgehead atoms. The topological polar surface area (TPSA) is 74.3 Å². The van der Waals surface area contributed by atoms with Crippen molar-refractivity contribution in [1.82, 2.24) is 24.1 Å². The summed E-state index contributed by atoms with van der Waals surface area (Å²) in [7, 11) is 0. The van der Waals surface area contributed by atoms with Crippen LogP contribution in [0.4, 0.5) is 0 Å². The van der Waals surface area contributed by atoms with Gasteiger partial charge in [-0.15, -0.1) is 5.10 Å². The quantitative estimate of drug-likeness (QED) is 0.683. The number of aryl methyl sites for hydroxylation is 1. The predicted molar refractivity (Wildman–Crippen MR) is 86.1 cm³/mol. The molecule has 0 aliphatic heterocycles. The monoisotopic (exact) mass is 333 g/mol. The van der Waals surface area contributed by atoms with Crippen LogP contribution in [0.3, 0.4) is 0 Å². The molecule has 0 N–H and O–H groups in total. The van der Waals surface area contributed by atoms with Crippen molar-refractivity contribution < 1.29 is 4.74 Å². The lowest BCUT2D eigenvalue weighted by atomic mass is 10.3. The Morgan fingerprint density at radius 2 is 2.13 bits per heavy atom. The number of nitrogens with zero attached hydrogens (tertiary/aromatic N) is 5. The third kappa shape index (κ3) is 3.19. The minimum Gasteiger partial charge on any atom is -0.460 e. The minimum absolute atomic E-state index is 0.0717. The highest BCUT2D eigenvalue weighted by Gasteiger charge is 2.14. The van der Waals surface area contributed by atoms with Gasteiger partial charge in [0, 0.05) is 18.0 Å². The molecule has 3 aromatic heterocycles.